The van der Waals surface area contributed by atoms with Crippen molar-refractivity contribution >= 4 is 21.4 Å². The third-order valence-corrected chi connectivity index (χ3v) is 4.10. The Kier molecular flexibility index (Phi) is 5.02. The third kappa shape index (κ3) is 4.37. The van der Waals surface area contributed by atoms with Gasteiger partial charge in [0.15, 0.2) is 10.9 Å². The molecule has 0 spiro atoms. The minimum Gasteiger partial charge on any atom is -0.490 e. The number of pyridine rings is 1. The molecular formula is C10H14ClNO3S. The number of aromatic nitrogens is 1. The first-order chi connectivity index (χ1) is 7.55. The van der Waals surface area contributed by atoms with Gasteiger partial charge in [0.25, 0.3) is 0 Å². The summed E-state index contributed by atoms with van der Waals surface area (Å²) in [6, 6.07) is 3.41. The SMILES string of the molecule is CCS(=O)(=O)CCCOc1cccnc1Cl. The van der Waals surface area contributed by atoms with Crippen molar-refractivity contribution in [1.82, 2.24) is 4.98 Å². The van der Waals surface area contributed by atoms with Crippen molar-refractivity contribution in [2.75, 3.05) is 18.1 Å². The molecule has 16 heavy (non-hydrogen) atoms. The van der Waals surface area contributed by atoms with Gasteiger partial charge in [-0.25, -0.2) is 13.4 Å². The second-order valence-electron chi connectivity index (χ2n) is 3.23. The molecule has 0 radical (unpaired) electrons. The van der Waals surface area contributed by atoms with Gasteiger partial charge in [0.1, 0.15) is 9.84 Å². The van der Waals surface area contributed by atoms with E-state index >= 15 is 0 Å². The largest absolute Gasteiger partial charge is 0.490 e. The highest BCUT2D eigenvalue weighted by molar-refractivity contribution is 7.91. The van der Waals surface area contributed by atoms with Crippen LogP contribution in [0.2, 0.25) is 5.15 Å². The standard InChI is InChI=1S/C10H14ClNO3S/c1-2-16(13,14)8-4-7-15-9-5-3-6-12-10(9)11/h3,5-6H,2,4,7-8H2,1H3. The van der Waals surface area contributed by atoms with Crippen LogP contribution >= 0.6 is 11.6 Å². The number of sulfone groups is 1. The predicted octanol–water partition coefficient (Wildman–Crippen LogP) is 1.94. The summed E-state index contributed by atoms with van der Waals surface area (Å²) >= 11 is 5.77. The van der Waals surface area contributed by atoms with E-state index in [9.17, 15) is 8.42 Å². The zero-order chi connectivity index (χ0) is 12.0. The Labute approximate surface area is 101 Å². The van der Waals surface area contributed by atoms with Crippen molar-refractivity contribution in [1.29, 1.82) is 0 Å². The average Bonchev–Trinajstić information content (AvgIpc) is 2.27. The summed E-state index contributed by atoms with van der Waals surface area (Å²) in [7, 11) is -2.91. The molecule has 1 aromatic heterocycles. The molecule has 6 heteroatoms. The third-order valence-electron chi connectivity index (χ3n) is 2.02. The second kappa shape index (κ2) is 6.06. The van der Waals surface area contributed by atoms with Crippen LogP contribution in [0, 0.1) is 0 Å². The van der Waals surface area contributed by atoms with Gasteiger partial charge in [0.05, 0.1) is 12.4 Å². The van der Waals surface area contributed by atoms with E-state index in [1.165, 1.54) is 0 Å². The fourth-order valence-corrected chi connectivity index (χ4v) is 2.10. The van der Waals surface area contributed by atoms with Crippen LogP contribution in [0.5, 0.6) is 5.75 Å². The maximum Gasteiger partial charge on any atom is 0.171 e. The quantitative estimate of drug-likeness (QED) is 0.581. The van der Waals surface area contributed by atoms with Gasteiger partial charge in [-0.1, -0.05) is 18.5 Å². The maximum atomic E-state index is 11.2. The van der Waals surface area contributed by atoms with Gasteiger partial charge >= 0.3 is 0 Å². The summed E-state index contributed by atoms with van der Waals surface area (Å²) < 4.78 is 27.7. The van der Waals surface area contributed by atoms with Crippen LogP contribution in [0.15, 0.2) is 18.3 Å². The van der Waals surface area contributed by atoms with Gasteiger partial charge in [-0.3, -0.25) is 0 Å². The van der Waals surface area contributed by atoms with Crippen LogP contribution in [0.3, 0.4) is 0 Å². The van der Waals surface area contributed by atoms with E-state index in [1.807, 2.05) is 0 Å². The lowest BCUT2D eigenvalue weighted by molar-refractivity contribution is 0.316. The van der Waals surface area contributed by atoms with Gasteiger partial charge in [-0.15, -0.1) is 0 Å². The lowest BCUT2D eigenvalue weighted by atomic mass is 10.4. The smallest absolute Gasteiger partial charge is 0.171 e. The molecular weight excluding hydrogens is 250 g/mol. The number of rotatable bonds is 6. The zero-order valence-electron chi connectivity index (χ0n) is 9.02. The van der Waals surface area contributed by atoms with Gasteiger partial charge in [0.2, 0.25) is 0 Å². The molecule has 0 fully saturated rings. The highest BCUT2D eigenvalue weighted by Crippen LogP contribution is 2.20. The summed E-state index contributed by atoms with van der Waals surface area (Å²) in [5, 5.41) is 0.292. The van der Waals surface area contributed by atoms with E-state index in [4.69, 9.17) is 16.3 Å². The van der Waals surface area contributed by atoms with E-state index < -0.39 is 9.84 Å². The molecule has 0 N–H and O–H groups in total. The average molecular weight is 264 g/mol. The summed E-state index contributed by atoms with van der Waals surface area (Å²) in [4.78, 5) is 3.84. The zero-order valence-corrected chi connectivity index (χ0v) is 10.6. The van der Waals surface area contributed by atoms with E-state index in [0.717, 1.165) is 0 Å². The Balaban J connectivity index is 2.35. The van der Waals surface area contributed by atoms with Crippen molar-refractivity contribution in [2.24, 2.45) is 0 Å². The van der Waals surface area contributed by atoms with Crippen LogP contribution < -0.4 is 4.74 Å². The molecule has 0 atom stereocenters. The van der Waals surface area contributed by atoms with Crippen molar-refractivity contribution in [3.8, 4) is 5.75 Å². The Hall–Kier alpha value is -0.810. The summed E-state index contributed by atoms with van der Waals surface area (Å²) in [5.74, 6) is 0.792. The molecule has 0 unspecified atom stereocenters. The minimum atomic E-state index is -2.91. The Bertz CT molecular complexity index is 433. The summed E-state index contributed by atoms with van der Waals surface area (Å²) in [6.45, 7) is 1.96. The fourth-order valence-electron chi connectivity index (χ4n) is 1.08. The molecule has 0 amide bonds. The van der Waals surface area contributed by atoms with E-state index in [-0.39, 0.29) is 11.5 Å². The first kappa shape index (κ1) is 13.3. The first-order valence-corrected chi connectivity index (χ1v) is 7.19. The normalized spacial score (nSPS) is 11.4. The number of hydrogen-bond donors (Lipinski definition) is 0. The van der Waals surface area contributed by atoms with Gasteiger partial charge in [-0.2, -0.15) is 0 Å². The Morgan fingerprint density at radius 2 is 2.25 bits per heavy atom. The molecule has 0 saturated heterocycles. The van der Waals surface area contributed by atoms with Gasteiger partial charge in [0, 0.05) is 11.9 Å². The maximum absolute atomic E-state index is 11.2. The van der Waals surface area contributed by atoms with Crippen LogP contribution in [-0.2, 0) is 9.84 Å². The lowest BCUT2D eigenvalue weighted by Crippen LogP contribution is -2.11. The number of hydrogen-bond acceptors (Lipinski definition) is 4. The first-order valence-electron chi connectivity index (χ1n) is 4.99. The molecule has 4 nitrogen and oxygen atoms in total. The van der Waals surface area contributed by atoms with Crippen molar-refractivity contribution < 1.29 is 13.2 Å². The fraction of sp³-hybridized carbons (Fsp3) is 0.500. The van der Waals surface area contributed by atoms with Gasteiger partial charge in [-0.05, 0) is 18.6 Å². The van der Waals surface area contributed by atoms with Crippen molar-refractivity contribution in [2.45, 2.75) is 13.3 Å². The molecule has 90 valence electrons. The highest BCUT2D eigenvalue weighted by atomic mass is 35.5. The Morgan fingerprint density at radius 3 is 2.88 bits per heavy atom. The molecule has 1 rings (SSSR count). The summed E-state index contributed by atoms with van der Waals surface area (Å²) in [5.41, 5.74) is 0. The van der Waals surface area contributed by atoms with Crippen molar-refractivity contribution in [3.63, 3.8) is 0 Å². The molecule has 0 aliphatic rings. The van der Waals surface area contributed by atoms with Crippen LogP contribution in [0.4, 0.5) is 0 Å². The predicted molar refractivity (Wildman–Crippen MR) is 63.7 cm³/mol. The highest BCUT2D eigenvalue weighted by Gasteiger charge is 2.07. The van der Waals surface area contributed by atoms with Crippen molar-refractivity contribution in [3.05, 3.63) is 23.5 Å². The lowest BCUT2D eigenvalue weighted by Gasteiger charge is -2.06. The molecule has 1 heterocycles. The molecule has 0 aromatic carbocycles. The molecule has 0 saturated carbocycles. The van der Waals surface area contributed by atoms with Crippen LogP contribution in [0.1, 0.15) is 13.3 Å². The second-order valence-corrected chi connectivity index (χ2v) is 6.06. The molecule has 0 bridgehead atoms. The summed E-state index contributed by atoms with van der Waals surface area (Å²) in [6.07, 6.45) is 2.03. The van der Waals surface area contributed by atoms with Crippen LogP contribution in [-0.4, -0.2) is 31.5 Å². The molecule has 1 aromatic rings. The molecule has 0 aliphatic heterocycles. The monoisotopic (exact) mass is 263 g/mol. The van der Waals surface area contributed by atoms with Crippen LogP contribution in [0.25, 0.3) is 0 Å². The van der Waals surface area contributed by atoms with E-state index in [1.54, 1.807) is 25.3 Å². The number of nitrogens with zero attached hydrogens (tertiary/aromatic N) is 1. The minimum absolute atomic E-state index is 0.140. The topological polar surface area (TPSA) is 56.3 Å². The number of halogens is 1. The van der Waals surface area contributed by atoms with Gasteiger partial charge < -0.3 is 4.74 Å². The molecule has 0 aliphatic carbocycles. The number of ether oxygens (including phenoxy) is 1. The van der Waals surface area contributed by atoms with E-state index in [0.29, 0.717) is 23.9 Å². The van der Waals surface area contributed by atoms with E-state index in [2.05, 4.69) is 4.98 Å². The Morgan fingerprint density at radius 1 is 1.50 bits per heavy atom.